The zero-order chi connectivity index (χ0) is 12.6. The minimum Gasteiger partial charge on any atom is -0.494 e. The molecule has 0 amide bonds. The summed E-state index contributed by atoms with van der Waals surface area (Å²) in [6, 6.07) is 9.90. The largest absolute Gasteiger partial charge is 0.494 e. The van der Waals surface area contributed by atoms with Crippen molar-refractivity contribution >= 4 is 34.9 Å². The lowest BCUT2D eigenvalue weighted by molar-refractivity contribution is 0.318. The highest BCUT2D eigenvalue weighted by Crippen LogP contribution is 2.27. The van der Waals surface area contributed by atoms with Crippen LogP contribution in [-0.2, 0) is 0 Å². The molecule has 96 valence electrons. The van der Waals surface area contributed by atoms with E-state index in [0.29, 0.717) is 0 Å². The quantitative estimate of drug-likeness (QED) is 0.573. The molecule has 0 unspecified atom stereocenters. The van der Waals surface area contributed by atoms with Crippen molar-refractivity contribution in [3.05, 3.63) is 30.3 Å². The summed E-state index contributed by atoms with van der Waals surface area (Å²) in [5.74, 6) is 1.94. The lowest BCUT2D eigenvalue weighted by atomic mass is 10.3. The maximum Gasteiger partial charge on any atom is 0.175 e. The molecule has 0 atom stereocenters. The Bertz CT molecular complexity index is 461. The van der Waals surface area contributed by atoms with Gasteiger partial charge in [-0.25, -0.2) is 0 Å². The Morgan fingerprint density at radius 3 is 2.67 bits per heavy atom. The van der Waals surface area contributed by atoms with Crippen molar-refractivity contribution in [1.29, 1.82) is 0 Å². The molecule has 0 radical (unpaired) electrons. The van der Waals surface area contributed by atoms with Crippen LogP contribution in [0.25, 0.3) is 0 Å². The van der Waals surface area contributed by atoms with Gasteiger partial charge in [-0.05, 0) is 24.8 Å². The van der Waals surface area contributed by atoms with Gasteiger partial charge in [-0.1, -0.05) is 53.1 Å². The standard InChI is InChI=1S/C12H14N2OS3/c1-16-11-13-14-12(18-11)17-9-5-8-15-10-6-3-2-4-7-10/h2-4,6-7H,5,8-9H2,1H3. The number of rotatable bonds is 7. The highest BCUT2D eigenvalue weighted by molar-refractivity contribution is 8.02. The maximum atomic E-state index is 5.62. The van der Waals surface area contributed by atoms with E-state index in [1.165, 1.54) is 0 Å². The Morgan fingerprint density at radius 2 is 1.94 bits per heavy atom. The van der Waals surface area contributed by atoms with Crippen molar-refractivity contribution in [2.45, 2.75) is 15.1 Å². The fourth-order valence-corrected chi connectivity index (χ4v) is 3.68. The van der Waals surface area contributed by atoms with Crippen molar-refractivity contribution in [1.82, 2.24) is 10.2 Å². The van der Waals surface area contributed by atoms with E-state index in [-0.39, 0.29) is 0 Å². The minimum atomic E-state index is 0.741. The Kier molecular flexibility index (Phi) is 5.83. The molecule has 18 heavy (non-hydrogen) atoms. The number of ether oxygens (including phenoxy) is 1. The lowest BCUT2D eigenvalue weighted by Gasteiger charge is -2.04. The van der Waals surface area contributed by atoms with Crippen LogP contribution in [0.3, 0.4) is 0 Å². The molecule has 0 aliphatic heterocycles. The molecule has 2 aromatic rings. The number of hydrogen-bond donors (Lipinski definition) is 0. The molecule has 1 heterocycles. The second-order valence-corrected chi connectivity index (χ2v) is 6.77. The summed E-state index contributed by atoms with van der Waals surface area (Å²) < 4.78 is 7.69. The SMILES string of the molecule is CSc1nnc(SCCCOc2ccccc2)s1. The van der Waals surface area contributed by atoms with Gasteiger partial charge < -0.3 is 4.74 Å². The summed E-state index contributed by atoms with van der Waals surface area (Å²) >= 11 is 5.03. The summed E-state index contributed by atoms with van der Waals surface area (Å²) in [5, 5.41) is 8.17. The first kappa shape index (κ1) is 13.7. The van der Waals surface area contributed by atoms with E-state index in [1.54, 1.807) is 34.9 Å². The third-order valence-corrected chi connectivity index (χ3v) is 5.21. The summed E-state index contributed by atoms with van der Waals surface area (Å²) in [5.41, 5.74) is 0. The van der Waals surface area contributed by atoms with Crippen molar-refractivity contribution < 1.29 is 4.74 Å². The van der Waals surface area contributed by atoms with Crippen LogP contribution in [0.15, 0.2) is 39.0 Å². The van der Waals surface area contributed by atoms with Gasteiger partial charge in [0.15, 0.2) is 8.68 Å². The lowest BCUT2D eigenvalue weighted by Crippen LogP contribution is -1.98. The summed E-state index contributed by atoms with van der Waals surface area (Å²) in [7, 11) is 0. The van der Waals surface area contributed by atoms with E-state index in [4.69, 9.17) is 4.74 Å². The average Bonchev–Trinajstić information content (AvgIpc) is 2.87. The van der Waals surface area contributed by atoms with Gasteiger partial charge in [-0.2, -0.15) is 0 Å². The van der Waals surface area contributed by atoms with Crippen molar-refractivity contribution in [2.75, 3.05) is 18.6 Å². The van der Waals surface area contributed by atoms with Crippen LogP contribution < -0.4 is 4.74 Å². The molecule has 0 aliphatic carbocycles. The number of aromatic nitrogens is 2. The number of benzene rings is 1. The molecule has 0 bridgehead atoms. The topological polar surface area (TPSA) is 35.0 Å². The molecule has 1 aromatic carbocycles. The van der Waals surface area contributed by atoms with Gasteiger partial charge in [-0.3, -0.25) is 0 Å². The third-order valence-electron chi connectivity index (χ3n) is 2.09. The molecule has 0 saturated carbocycles. The summed E-state index contributed by atoms with van der Waals surface area (Å²) in [4.78, 5) is 0. The average molecular weight is 298 g/mol. The van der Waals surface area contributed by atoms with E-state index in [0.717, 1.165) is 33.2 Å². The van der Waals surface area contributed by atoms with Crippen LogP contribution in [0.4, 0.5) is 0 Å². The van der Waals surface area contributed by atoms with Gasteiger partial charge >= 0.3 is 0 Å². The van der Waals surface area contributed by atoms with Crippen molar-refractivity contribution in [2.24, 2.45) is 0 Å². The van der Waals surface area contributed by atoms with E-state index in [2.05, 4.69) is 10.2 Å². The third kappa shape index (κ3) is 4.51. The normalized spacial score (nSPS) is 10.5. The van der Waals surface area contributed by atoms with Crippen LogP contribution in [0, 0.1) is 0 Å². The molecular formula is C12H14N2OS3. The fourth-order valence-electron chi connectivity index (χ4n) is 1.26. The first-order valence-electron chi connectivity index (χ1n) is 5.56. The van der Waals surface area contributed by atoms with Gasteiger partial charge in [0.05, 0.1) is 6.61 Å². The van der Waals surface area contributed by atoms with Gasteiger partial charge in [0.2, 0.25) is 0 Å². The maximum absolute atomic E-state index is 5.62. The van der Waals surface area contributed by atoms with E-state index < -0.39 is 0 Å². The number of para-hydroxylation sites is 1. The second kappa shape index (κ2) is 7.66. The molecular weight excluding hydrogens is 284 g/mol. The molecule has 0 N–H and O–H groups in total. The minimum absolute atomic E-state index is 0.741. The molecule has 1 aromatic heterocycles. The zero-order valence-electron chi connectivity index (χ0n) is 10.0. The highest BCUT2D eigenvalue weighted by atomic mass is 32.2. The smallest absolute Gasteiger partial charge is 0.175 e. The number of nitrogens with zero attached hydrogens (tertiary/aromatic N) is 2. The summed E-state index contributed by atoms with van der Waals surface area (Å²) in [6.07, 6.45) is 3.02. The van der Waals surface area contributed by atoms with E-state index in [1.807, 2.05) is 36.6 Å². The molecule has 0 aliphatic rings. The molecule has 3 nitrogen and oxygen atoms in total. The molecule has 0 spiro atoms. The Balaban J connectivity index is 1.61. The Hall–Kier alpha value is -0.720. The second-order valence-electron chi connectivity index (χ2n) is 3.40. The Morgan fingerprint density at radius 1 is 1.17 bits per heavy atom. The van der Waals surface area contributed by atoms with Gasteiger partial charge in [0.25, 0.3) is 0 Å². The molecule has 0 saturated heterocycles. The van der Waals surface area contributed by atoms with Crippen molar-refractivity contribution in [3.63, 3.8) is 0 Å². The number of hydrogen-bond acceptors (Lipinski definition) is 6. The zero-order valence-corrected chi connectivity index (χ0v) is 12.5. The van der Waals surface area contributed by atoms with Crippen molar-refractivity contribution in [3.8, 4) is 5.75 Å². The van der Waals surface area contributed by atoms with E-state index >= 15 is 0 Å². The van der Waals surface area contributed by atoms with Crippen LogP contribution >= 0.6 is 34.9 Å². The fraction of sp³-hybridized carbons (Fsp3) is 0.333. The predicted octanol–water partition coefficient (Wildman–Crippen LogP) is 3.82. The molecule has 6 heteroatoms. The molecule has 0 fully saturated rings. The summed E-state index contributed by atoms with van der Waals surface area (Å²) in [6.45, 7) is 0.741. The van der Waals surface area contributed by atoms with Crippen LogP contribution in [0.5, 0.6) is 5.75 Å². The highest BCUT2D eigenvalue weighted by Gasteiger charge is 2.03. The van der Waals surface area contributed by atoms with Crippen LogP contribution in [-0.4, -0.2) is 28.8 Å². The number of thioether (sulfide) groups is 2. The van der Waals surface area contributed by atoms with E-state index in [9.17, 15) is 0 Å². The molecule has 2 rings (SSSR count). The van der Waals surface area contributed by atoms with Gasteiger partial charge in [0.1, 0.15) is 5.75 Å². The first-order chi connectivity index (χ1) is 8.88. The monoisotopic (exact) mass is 298 g/mol. The Labute approximate surface area is 119 Å². The first-order valence-corrected chi connectivity index (χ1v) is 8.59. The van der Waals surface area contributed by atoms with Gasteiger partial charge in [0, 0.05) is 5.75 Å². The van der Waals surface area contributed by atoms with Gasteiger partial charge in [-0.15, -0.1) is 10.2 Å². The predicted molar refractivity (Wildman–Crippen MR) is 79.0 cm³/mol. The van der Waals surface area contributed by atoms with Crippen LogP contribution in [0.2, 0.25) is 0 Å². The van der Waals surface area contributed by atoms with Crippen LogP contribution in [0.1, 0.15) is 6.42 Å².